The summed E-state index contributed by atoms with van der Waals surface area (Å²) in [5.41, 5.74) is 0. The molecule has 1 aliphatic carbocycles. The molecule has 2 amide bonds. The maximum Gasteiger partial charge on any atom is 0.308 e. The number of likely N-dealkylation sites (tertiary alicyclic amines) is 1. The van der Waals surface area contributed by atoms with E-state index in [1.807, 2.05) is 0 Å². The van der Waals surface area contributed by atoms with Crippen molar-refractivity contribution in [3.05, 3.63) is 0 Å². The van der Waals surface area contributed by atoms with E-state index in [0.29, 0.717) is 25.8 Å². The molecule has 0 spiro atoms. The molecule has 6 nitrogen and oxygen atoms in total. The van der Waals surface area contributed by atoms with Gasteiger partial charge in [0.2, 0.25) is 11.8 Å². The number of rotatable bonds is 4. The van der Waals surface area contributed by atoms with Gasteiger partial charge in [-0.1, -0.05) is 19.3 Å². The third kappa shape index (κ3) is 3.71. The summed E-state index contributed by atoms with van der Waals surface area (Å²) in [4.78, 5) is 36.3. The molecule has 0 bridgehead atoms. The zero-order chi connectivity index (χ0) is 14.5. The van der Waals surface area contributed by atoms with Crippen LogP contribution in [0.4, 0.5) is 0 Å². The van der Waals surface area contributed by atoms with Crippen molar-refractivity contribution in [2.75, 3.05) is 13.1 Å². The van der Waals surface area contributed by atoms with Gasteiger partial charge in [0.05, 0.1) is 12.5 Å². The van der Waals surface area contributed by atoms with Crippen molar-refractivity contribution >= 4 is 17.8 Å². The Morgan fingerprint density at radius 1 is 1.20 bits per heavy atom. The second-order valence-corrected chi connectivity index (χ2v) is 5.68. The molecule has 2 atom stereocenters. The molecule has 112 valence electrons. The topological polar surface area (TPSA) is 86.7 Å². The minimum atomic E-state index is -0.838. The Kier molecular flexibility index (Phi) is 4.98. The van der Waals surface area contributed by atoms with Crippen molar-refractivity contribution in [2.24, 2.45) is 5.92 Å². The summed E-state index contributed by atoms with van der Waals surface area (Å²) < 4.78 is 0. The van der Waals surface area contributed by atoms with Crippen LogP contribution in [-0.4, -0.2) is 46.9 Å². The van der Waals surface area contributed by atoms with E-state index in [1.165, 1.54) is 0 Å². The van der Waals surface area contributed by atoms with Crippen LogP contribution in [0.1, 0.15) is 44.9 Å². The van der Waals surface area contributed by atoms with Crippen molar-refractivity contribution < 1.29 is 19.5 Å². The Morgan fingerprint density at radius 2 is 1.95 bits per heavy atom. The number of carboxylic acids is 1. The standard InChI is InChI=1S/C14H22N2O4/c17-12(9-16-8-4-7-13(16)18)15-11-6-3-1-2-5-10(11)14(19)20/h10-11H,1-9H2,(H,15,17)(H,19,20). The summed E-state index contributed by atoms with van der Waals surface area (Å²) in [7, 11) is 0. The molecule has 0 radical (unpaired) electrons. The number of nitrogens with zero attached hydrogens (tertiary/aromatic N) is 1. The second kappa shape index (κ2) is 6.72. The fourth-order valence-corrected chi connectivity index (χ4v) is 3.07. The van der Waals surface area contributed by atoms with E-state index in [4.69, 9.17) is 0 Å². The summed E-state index contributed by atoms with van der Waals surface area (Å²) in [5.74, 6) is -1.57. The van der Waals surface area contributed by atoms with Gasteiger partial charge in [0.15, 0.2) is 0 Å². The molecule has 20 heavy (non-hydrogen) atoms. The fourth-order valence-electron chi connectivity index (χ4n) is 3.07. The van der Waals surface area contributed by atoms with E-state index < -0.39 is 11.9 Å². The highest BCUT2D eigenvalue weighted by Crippen LogP contribution is 2.24. The number of hydrogen-bond acceptors (Lipinski definition) is 3. The van der Waals surface area contributed by atoms with Gasteiger partial charge in [0.25, 0.3) is 0 Å². The van der Waals surface area contributed by atoms with Gasteiger partial charge in [-0.2, -0.15) is 0 Å². The predicted molar refractivity (Wildman–Crippen MR) is 72.0 cm³/mol. The van der Waals surface area contributed by atoms with E-state index in [1.54, 1.807) is 4.90 Å². The maximum atomic E-state index is 12.0. The Morgan fingerprint density at radius 3 is 2.60 bits per heavy atom. The molecule has 1 heterocycles. The monoisotopic (exact) mass is 282 g/mol. The van der Waals surface area contributed by atoms with Gasteiger partial charge in [-0.15, -0.1) is 0 Å². The lowest BCUT2D eigenvalue weighted by atomic mass is 9.95. The van der Waals surface area contributed by atoms with Gasteiger partial charge < -0.3 is 15.3 Å². The summed E-state index contributed by atoms with van der Waals surface area (Å²) >= 11 is 0. The zero-order valence-electron chi connectivity index (χ0n) is 11.6. The highest BCUT2D eigenvalue weighted by Gasteiger charge is 2.31. The molecule has 1 saturated heterocycles. The molecule has 1 saturated carbocycles. The SMILES string of the molecule is O=C(CN1CCCC1=O)NC1CCCCCC1C(=O)O. The Bertz CT molecular complexity index is 397. The number of hydrogen-bond donors (Lipinski definition) is 2. The number of amides is 2. The number of carbonyl (C=O) groups is 3. The van der Waals surface area contributed by atoms with Crippen LogP contribution in [0.2, 0.25) is 0 Å². The maximum absolute atomic E-state index is 12.0. The average Bonchev–Trinajstić information content (AvgIpc) is 2.65. The quantitative estimate of drug-likeness (QED) is 0.745. The molecule has 2 rings (SSSR count). The van der Waals surface area contributed by atoms with Gasteiger partial charge in [-0.05, 0) is 19.3 Å². The van der Waals surface area contributed by atoms with Gasteiger partial charge in [0.1, 0.15) is 0 Å². The van der Waals surface area contributed by atoms with E-state index >= 15 is 0 Å². The number of nitrogens with one attached hydrogen (secondary N) is 1. The summed E-state index contributed by atoms with van der Waals surface area (Å²) in [5, 5.41) is 12.1. The Balaban J connectivity index is 1.90. The van der Waals surface area contributed by atoms with E-state index in [-0.39, 0.29) is 24.4 Å². The van der Waals surface area contributed by atoms with Crippen LogP contribution in [0, 0.1) is 5.92 Å². The number of carbonyl (C=O) groups excluding carboxylic acids is 2. The first kappa shape index (κ1) is 14.8. The smallest absolute Gasteiger partial charge is 0.308 e. The lowest BCUT2D eigenvalue weighted by Gasteiger charge is -2.24. The molecule has 0 aromatic carbocycles. The first-order chi connectivity index (χ1) is 9.58. The lowest BCUT2D eigenvalue weighted by molar-refractivity contribution is -0.143. The van der Waals surface area contributed by atoms with Crippen molar-refractivity contribution in [3.8, 4) is 0 Å². The molecule has 2 fully saturated rings. The molecule has 2 aliphatic rings. The van der Waals surface area contributed by atoms with Gasteiger partial charge >= 0.3 is 5.97 Å². The van der Waals surface area contributed by atoms with Gasteiger partial charge in [0, 0.05) is 19.0 Å². The molecule has 2 N–H and O–H groups in total. The average molecular weight is 282 g/mol. The molecule has 0 aromatic rings. The van der Waals surface area contributed by atoms with Crippen molar-refractivity contribution in [2.45, 2.75) is 51.0 Å². The number of carboxylic acid groups (broad SMARTS) is 1. The van der Waals surface area contributed by atoms with Crippen molar-refractivity contribution in [3.63, 3.8) is 0 Å². The van der Waals surface area contributed by atoms with Crippen LogP contribution in [-0.2, 0) is 14.4 Å². The predicted octanol–water partition coefficient (Wildman–Crippen LogP) is 0.758. The fraction of sp³-hybridized carbons (Fsp3) is 0.786. The van der Waals surface area contributed by atoms with Crippen molar-refractivity contribution in [1.82, 2.24) is 10.2 Å². The second-order valence-electron chi connectivity index (χ2n) is 5.68. The van der Waals surface area contributed by atoms with E-state index in [9.17, 15) is 19.5 Å². The largest absolute Gasteiger partial charge is 0.481 e. The summed E-state index contributed by atoms with van der Waals surface area (Å²) in [6.45, 7) is 0.681. The first-order valence-corrected chi connectivity index (χ1v) is 7.38. The minimum absolute atomic E-state index is 0.0100. The van der Waals surface area contributed by atoms with Crippen molar-refractivity contribution in [1.29, 1.82) is 0 Å². The Hall–Kier alpha value is -1.59. The first-order valence-electron chi connectivity index (χ1n) is 7.38. The molecule has 6 heteroatoms. The summed E-state index contributed by atoms with van der Waals surface area (Å²) in [6.07, 6.45) is 5.48. The van der Waals surface area contributed by atoms with Crippen LogP contribution in [0.25, 0.3) is 0 Å². The Labute approximate surface area is 118 Å². The minimum Gasteiger partial charge on any atom is -0.481 e. The molecule has 1 aliphatic heterocycles. The highest BCUT2D eigenvalue weighted by atomic mass is 16.4. The van der Waals surface area contributed by atoms with Gasteiger partial charge in [-0.3, -0.25) is 14.4 Å². The molecule has 0 aromatic heterocycles. The lowest BCUT2D eigenvalue weighted by Crippen LogP contribution is -2.47. The van der Waals surface area contributed by atoms with Crippen LogP contribution in [0.3, 0.4) is 0 Å². The number of aliphatic carboxylic acids is 1. The van der Waals surface area contributed by atoms with Crippen LogP contribution < -0.4 is 5.32 Å². The molecular formula is C14H22N2O4. The zero-order valence-corrected chi connectivity index (χ0v) is 11.6. The van der Waals surface area contributed by atoms with Crippen LogP contribution >= 0.6 is 0 Å². The molecule has 2 unspecified atom stereocenters. The van der Waals surface area contributed by atoms with Gasteiger partial charge in [-0.25, -0.2) is 0 Å². The molecular weight excluding hydrogens is 260 g/mol. The van der Waals surface area contributed by atoms with E-state index in [0.717, 1.165) is 25.7 Å². The summed E-state index contributed by atoms with van der Waals surface area (Å²) in [6, 6.07) is -0.305. The van der Waals surface area contributed by atoms with Crippen LogP contribution in [0.15, 0.2) is 0 Å². The highest BCUT2D eigenvalue weighted by molar-refractivity contribution is 5.86. The third-order valence-electron chi connectivity index (χ3n) is 4.19. The van der Waals surface area contributed by atoms with E-state index in [2.05, 4.69) is 5.32 Å². The third-order valence-corrected chi connectivity index (χ3v) is 4.19. The van der Waals surface area contributed by atoms with Crippen LogP contribution in [0.5, 0.6) is 0 Å². The normalized spacial score (nSPS) is 27.2.